The van der Waals surface area contributed by atoms with Crippen LogP contribution in [0.5, 0.6) is 0 Å². The van der Waals surface area contributed by atoms with Crippen molar-refractivity contribution in [2.45, 2.75) is 24.8 Å². The fourth-order valence-electron chi connectivity index (χ4n) is 1.66. The highest BCUT2D eigenvalue weighted by molar-refractivity contribution is 5.82. The van der Waals surface area contributed by atoms with Crippen LogP contribution in [0.15, 0.2) is 0 Å². The minimum Gasteiger partial charge on any atom is -0.347 e. The molecular weight excluding hydrogens is 140 g/mol. The summed E-state index contributed by atoms with van der Waals surface area (Å²) in [6.07, 6.45) is 0.0787. The maximum absolute atomic E-state index is 12.6. The van der Waals surface area contributed by atoms with E-state index in [1.807, 2.05) is 0 Å². The van der Waals surface area contributed by atoms with Gasteiger partial charge in [-0.05, 0) is 6.42 Å². The molecule has 1 N–H and O–H groups in total. The number of alkyl halides is 2. The van der Waals surface area contributed by atoms with Crippen LogP contribution in [-0.2, 0) is 4.79 Å². The van der Waals surface area contributed by atoms with E-state index in [4.69, 9.17) is 0 Å². The van der Waals surface area contributed by atoms with Gasteiger partial charge in [0.05, 0.1) is 6.04 Å². The zero-order valence-corrected chi connectivity index (χ0v) is 5.23. The molecular formula is C6H7F2NO. The monoisotopic (exact) mass is 147 g/mol. The largest absolute Gasteiger partial charge is 0.347 e. The first-order chi connectivity index (χ1) is 4.59. The molecule has 1 aliphatic carbocycles. The van der Waals surface area contributed by atoms with Crippen LogP contribution in [-0.4, -0.2) is 17.9 Å². The number of carbonyl (C=O) groups excluding carboxylic acids is 1. The van der Waals surface area contributed by atoms with Crippen LogP contribution >= 0.6 is 0 Å². The van der Waals surface area contributed by atoms with Crippen molar-refractivity contribution in [1.82, 2.24) is 5.32 Å². The second kappa shape index (κ2) is 1.49. The number of nitrogens with one attached hydrogen (secondary N) is 1. The van der Waals surface area contributed by atoms with Crippen LogP contribution in [0.4, 0.5) is 8.78 Å². The Hall–Kier alpha value is -0.670. The zero-order valence-electron chi connectivity index (χ0n) is 5.23. The normalized spacial score (nSPS) is 42.0. The average molecular weight is 147 g/mol. The van der Waals surface area contributed by atoms with Gasteiger partial charge in [0.2, 0.25) is 5.91 Å². The lowest BCUT2D eigenvalue weighted by Crippen LogP contribution is -2.44. The predicted octanol–water partition coefficient (Wildman–Crippen LogP) is 0.530. The summed E-state index contributed by atoms with van der Waals surface area (Å²) >= 11 is 0. The minimum atomic E-state index is -2.64. The van der Waals surface area contributed by atoms with Gasteiger partial charge in [-0.3, -0.25) is 4.79 Å². The molecule has 1 saturated heterocycles. The molecule has 2 bridgehead atoms. The van der Waals surface area contributed by atoms with Gasteiger partial charge in [0, 0.05) is 12.3 Å². The minimum absolute atomic E-state index is 0.198. The Morgan fingerprint density at radius 1 is 1.60 bits per heavy atom. The summed E-state index contributed by atoms with van der Waals surface area (Å²) in [6, 6.07) is -0.870. The Bertz CT molecular complexity index is 192. The van der Waals surface area contributed by atoms with Gasteiger partial charge in [-0.15, -0.1) is 0 Å². The number of piperidine rings is 1. The van der Waals surface area contributed by atoms with Gasteiger partial charge in [-0.1, -0.05) is 0 Å². The smallest absolute Gasteiger partial charge is 0.268 e. The third-order valence-electron chi connectivity index (χ3n) is 2.24. The first-order valence-electron chi connectivity index (χ1n) is 3.28. The van der Waals surface area contributed by atoms with Crippen LogP contribution in [0.2, 0.25) is 0 Å². The van der Waals surface area contributed by atoms with Crippen molar-refractivity contribution >= 4 is 5.91 Å². The highest BCUT2D eigenvalue weighted by atomic mass is 19.3. The van der Waals surface area contributed by atoms with E-state index in [1.54, 1.807) is 0 Å². The Labute approximate surface area is 56.6 Å². The second-order valence-corrected chi connectivity index (χ2v) is 2.96. The molecule has 2 nitrogen and oxygen atoms in total. The summed E-state index contributed by atoms with van der Waals surface area (Å²) in [5.41, 5.74) is 0. The molecule has 2 fully saturated rings. The fourth-order valence-corrected chi connectivity index (χ4v) is 1.66. The highest BCUT2D eigenvalue weighted by Crippen LogP contribution is 2.43. The van der Waals surface area contributed by atoms with Gasteiger partial charge in [-0.2, -0.15) is 0 Å². The average Bonchev–Trinajstić information content (AvgIpc) is 2.21. The lowest BCUT2D eigenvalue weighted by molar-refractivity contribution is -0.130. The summed E-state index contributed by atoms with van der Waals surface area (Å²) in [6.45, 7) is 0. The molecule has 2 unspecified atom stereocenters. The standard InChI is InChI=1S/C6H7F2NO/c7-6(8)2-3-1-4(6)9-5(3)10/h3-4H,1-2H2,(H,9,10). The molecule has 0 aromatic heterocycles. The molecule has 1 amide bonds. The summed E-state index contributed by atoms with van der Waals surface area (Å²) in [5, 5.41) is 2.25. The van der Waals surface area contributed by atoms with Crippen molar-refractivity contribution in [2.24, 2.45) is 5.92 Å². The van der Waals surface area contributed by atoms with Crippen molar-refractivity contribution in [1.29, 1.82) is 0 Å². The number of amides is 1. The number of rotatable bonds is 0. The Morgan fingerprint density at radius 2 is 2.30 bits per heavy atom. The molecule has 1 aliphatic heterocycles. The number of hydrogen-bond acceptors (Lipinski definition) is 1. The van der Waals surface area contributed by atoms with Crippen molar-refractivity contribution in [3.63, 3.8) is 0 Å². The van der Waals surface area contributed by atoms with E-state index in [-0.39, 0.29) is 12.3 Å². The van der Waals surface area contributed by atoms with Crippen molar-refractivity contribution < 1.29 is 13.6 Å². The van der Waals surface area contributed by atoms with Crippen LogP contribution in [0.3, 0.4) is 0 Å². The Kier molecular flexibility index (Phi) is 0.904. The summed E-state index contributed by atoms with van der Waals surface area (Å²) in [5.74, 6) is -3.26. The van der Waals surface area contributed by atoms with E-state index in [2.05, 4.69) is 5.32 Å². The Balaban J connectivity index is 2.24. The van der Waals surface area contributed by atoms with E-state index in [0.717, 1.165) is 0 Å². The molecule has 2 atom stereocenters. The van der Waals surface area contributed by atoms with Gasteiger partial charge < -0.3 is 5.32 Å². The Morgan fingerprint density at radius 3 is 2.60 bits per heavy atom. The molecule has 1 heterocycles. The summed E-state index contributed by atoms with van der Waals surface area (Å²) in [4.78, 5) is 10.7. The van der Waals surface area contributed by atoms with Gasteiger partial charge in [0.1, 0.15) is 0 Å². The molecule has 2 aliphatic rings. The molecule has 0 aromatic carbocycles. The lowest BCUT2D eigenvalue weighted by Gasteiger charge is -2.21. The molecule has 0 spiro atoms. The van der Waals surface area contributed by atoms with Crippen molar-refractivity contribution in [3.05, 3.63) is 0 Å². The van der Waals surface area contributed by atoms with Crippen LogP contribution in [0.1, 0.15) is 12.8 Å². The summed E-state index contributed by atoms with van der Waals surface area (Å²) < 4.78 is 25.2. The zero-order chi connectivity index (χ0) is 7.35. The van der Waals surface area contributed by atoms with Gasteiger partial charge >= 0.3 is 0 Å². The van der Waals surface area contributed by atoms with Crippen molar-refractivity contribution in [2.75, 3.05) is 0 Å². The van der Waals surface area contributed by atoms with E-state index in [9.17, 15) is 13.6 Å². The number of fused-ring (bicyclic) bond motifs is 2. The van der Waals surface area contributed by atoms with E-state index >= 15 is 0 Å². The number of carbonyl (C=O) groups is 1. The van der Waals surface area contributed by atoms with Crippen molar-refractivity contribution in [3.8, 4) is 0 Å². The topological polar surface area (TPSA) is 29.1 Å². The summed E-state index contributed by atoms with van der Waals surface area (Å²) in [7, 11) is 0. The molecule has 56 valence electrons. The molecule has 10 heavy (non-hydrogen) atoms. The van der Waals surface area contributed by atoms with Crippen LogP contribution in [0, 0.1) is 5.92 Å². The van der Waals surface area contributed by atoms with Gasteiger partial charge in [-0.25, -0.2) is 8.78 Å². The maximum Gasteiger partial charge on any atom is 0.268 e. The van der Waals surface area contributed by atoms with E-state index in [1.165, 1.54) is 0 Å². The molecule has 0 radical (unpaired) electrons. The van der Waals surface area contributed by atoms with E-state index in [0.29, 0.717) is 6.42 Å². The molecule has 4 heteroatoms. The maximum atomic E-state index is 12.6. The quantitative estimate of drug-likeness (QED) is 0.532. The third-order valence-corrected chi connectivity index (χ3v) is 2.24. The molecule has 2 rings (SSSR count). The van der Waals surface area contributed by atoms with Crippen LogP contribution in [0.25, 0.3) is 0 Å². The predicted molar refractivity (Wildman–Crippen MR) is 29.6 cm³/mol. The fraction of sp³-hybridized carbons (Fsp3) is 0.833. The SMILES string of the molecule is O=C1NC2CC1CC2(F)F. The number of hydrogen-bond donors (Lipinski definition) is 1. The molecule has 1 saturated carbocycles. The highest BCUT2D eigenvalue weighted by Gasteiger charge is 2.56. The lowest BCUT2D eigenvalue weighted by atomic mass is 10.1. The first kappa shape index (κ1) is 6.07. The number of halogens is 2. The van der Waals surface area contributed by atoms with Crippen LogP contribution < -0.4 is 5.32 Å². The second-order valence-electron chi connectivity index (χ2n) is 2.96. The van der Waals surface area contributed by atoms with Gasteiger partial charge in [0.15, 0.2) is 0 Å². The third kappa shape index (κ3) is 0.589. The molecule has 0 aromatic rings. The van der Waals surface area contributed by atoms with Gasteiger partial charge in [0.25, 0.3) is 5.92 Å². The first-order valence-corrected chi connectivity index (χ1v) is 3.28. The van der Waals surface area contributed by atoms with E-state index < -0.39 is 17.9 Å².